The molecule has 2 aromatic heterocycles. The van der Waals surface area contributed by atoms with Crippen LogP contribution in [0.25, 0.3) is 11.3 Å². The number of carbonyl (C=O) groups is 1. The van der Waals surface area contributed by atoms with Crippen LogP contribution in [0.1, 0.15) is 42.6 Å². The lowest BCUT2D eigenvalue weighted by atomic mass is 9.54. The maximum absolute atomic E-state index is 12.7. The average molecular weight is 321 g/mol. The van der Waals surface area contributed by atoms with Crippen molar-refractivity contribution < 1.29 is 4.79 Å². The summed E-state index contributed by atoms with van der Waals surface area (Å²) < 4.78 is 0. The SMILES string of the molecule is O=C(NC1C2CC3CC(C2)CC1C3)c1cc(-c2ccccn2)c[nH]1. The van der Waals surface area contributed by atoms with Crippen LogP contribution >= 0.6 is 0 Å². The minimum absolute atomic E-state index is 0.0367. The number of hydrogen-bond acceptors (Lipinski definition) is 2. The number of H-pyrrole nitrogens is 1. The van der Waals surface area contributed by atoms with Crippen LogP contribution in [0.5, 0.6) is 0 Å². The van der Waals surface area contributed by atoms with Gasteiger partial charge in [0.15, 0.2) is 0 Å². The predicted molar refractivity (Wildman–Crippen MR) is 92.3 cm³/mol. The minimum atomic E-state index is 0.0367. The van der Waals surface area contributed by atoms with E-state index in [1.54, 1.807) is 6.20 Å². The molecule has 4 fully saturated rings. The van der Waals surface area contributed by atoms with Crippen molar-refractivity contribution in [3.05, 3.63) is 42.4 Å². The van der Waals surface area contributed by atoms with Crippen molar-refractivity contribution in [1.82, 2.24) is 15.3 Å². The van der Waals surface area contributed by atoms with E-state index in [-0.39, 0.29) is 5.91 Å². The molecule has 6 rings (SSSR count). The third kappa shape index (κ3) is 2.36. The first kappa shape index (κ1) is 14.3. The van der Waals surface area contributed by atoms with Crippen LogP contribution < -0.4 is 5.32 Å². The van der Waals surface area contributed by atoms with Crippen LogP contribution in [0, 0.1) is 23.7 Å². The Morgan fingerprint density at radius 1 is 1.08 bits per heavy atom. The van der Waals surface area contributed by atoms with E-state index in [4.69, 9.17) is 0 Å². The fourth-order valence-corrected chi connectivity index (χ4v) is 5.60. The molecular weight excluding hydrogens is 298 g/mol. The van der Waals surface area contributed by atoms with Crippen molar-refractivity contribution in [3.63, 3.8) is 0 Å². The number of hydrogen-bond donors (Lipinski definition) is 2. The lowest BCUT2D eigenvalue weighted by Gasteiger charge is -2.54. The molecule has 24 heavy (non-hydrogen) atoms. The molecule has 0 aromatic carbocycles. The number of aromatic amines is 1. The summed E-state index contributed by atoms with van der Waals surface area (Å²) in [5, 5.41) is 3.35. The zero-order valence-electron chi connectivity index (χ0n) is 13.7. The fraction of sp³-hybridized carbons (Fsp3) is 0.500. The highest BCUT2D eigenvalue weighted by molar-refractivity contribution is 5.94. The van der Waals surface area contributed by atoms with Gasteiger partial charge in [0.2, 0.25) is 0 Å². The van der Waals surface area contributed by atoms with E-state index in [1.165, 1.54) is 32.1 Å². The van der Waals surface area contributed by atoms with E-state index in [0.29, 0.717) is 23.6 Å². The normalized spacial score (nSPS) is 33.6. The maximum atomic E-state index is 12.7. The monoisotopic (exact) mass is 321 g/mol. The quantitative estimate of drug-likeness (QED) is 0.907. The van der Waals surface area contributed by atoms with Crippen LogP contribution in [0.4, 0.5) is 0 Å². The van der Waals surface area contributed by atoms with Crippen LogP contribution in [0.3, 0.4) is 0 Å². The second-order valence-electron chi connectivity index (χ2n) is 7.95. The molecule has 0 saturated heterocycles. The maximum Gasteiger partial charge on any atom is 0.267 e. The van der Waals surface area contributed by atoms with Gasteiger partial charge >= 0.3 is 0 Å². The molecule has 0 radical (unpaired) electrons. The summed E-state index contributed by atoms with van der Waals surface area (Å²) >= 11 is 0. The average Bonchev–Trinajstić information content (AvgIpc) is 3.08. The molecular formula is C20H23N3O. The summed E-state index contributed by atoms with van der Waals surface area (Å²) in [5.74, 6) is 3.31. The molecule has 0 unspecified atom stereocenters. The lowest BCUT2D eigenvalue weighted by Crippen LogP contribution is -2.55. The molecule has 2 heterocycles. The predicted octanol–water partition coefficient (Wildman–Crippen LogP) is 3.63. The first-order valence-corrected chi connectivity index (χ1v) is 9.17. The van der Waals surface area contributed by atoms with E-state index >= 15 is 0 Å². The topological polar surface area (TPSA) is 57.8 Å². The second-order valence-corrected chi connectivity index (χ2v) is 7.95. The van der Waals surface area contributed by atoms with Crippen molar-refractivity contribution in [2.75, 3.05) is 0 Å². The Kier molecular flexibility index (Phi) is 3.25. The fourth-order valence-electron chi connectivity index (χ4n) is 5.60. The van der Waals surface area contributed by atoms with Crippen LogP contribution in [-0.4, -0.2) is 21.9 Å². The molecule has 4 aliphatic rings. The third-order valence-electron chi connectivity index (χ3n) is 6.41. The van der Waals surface area contributed by atoms with Gasteiger partial charge in [-0.2, -0.15) is 0 Å². The summed E-state index contributed by atoms with van der Waals surface area (Å²) in [5.41, 5.74) is 2.50. The number of nitrogens with zero attached hydrogens (tertiary/aromatic N) is 1. The Bertz CT molecular complexity index is 723. The van der Waals surface area contributed by atoms with Crippen LogP contribution in [-0.2, 0) is 0 Å². The van der Waals surface area contributed by atoms with Gasteiger partial charge in [-0.15, -0.1) is 0 Å². The van der Waals surface area contributed by atoms with Gasteiger partial charge in [0.1, 0.15) is 5.69 Å². The zero-order chi connectivity index (χ0) is 16.1. The van der Waals surface area contributed by atoms with Gasteiger partial charge in [0.05, 0.1) is 5.69 Å². The molecule has 1 amide bonds. The molecule has 124 valence electrons. The molecule has 2 aromatic rings. The van der Waals surface area contributed by atoms with Crippen molar-refractivity contribution >= 4 is 5.91 Å². The number of aromatic nitrogens is 2. The van der Waals surface area contributed by atoms with E-state index in [9.17, 15) is 4.79 Å². The van der Waals surface area contributed by atoms with Crippen molar-refractivity contribution in [2.45, 2.75) is 38.1 Å². The minimum Gasteiger partial charge on any atom is -0.357 e. The Morgan fingerprint density at radius 2 is 1.83 bits per heavy atom. The highest BCUT2D eigenvalue weighted by Gasteiger charge is 2.48. The lowest BCUT2D eigenvalue weighted by molar-refractivity contribution is -0.0120. The Hall–Kier alpha value is -2.10. The summed E-state index contributed by atoms with van der Waals surface area (Å²) in [6, 6.07) is 8.11. The molecule has 4 bridgehead atoms. The number of pyridine rings is 1. The molecule has 4 heteroatoms. The smallest absolute Gasteiger partial charge is 0.267 e. The Labute approximate surface area is 142 Å². The molecule has 0 atom stereocenters. The number of nitrogens with one attached hydrogen (secondary N) is 2. The molecule has 4 nitrogen and oxygen atoms in total. The van der Waals surface area contributed by atoms with Gasteiger partial charge in [-0.1, -0.05) is 6.07 Å². The van der Waals surface area contributed by atoms with Gasteiger partial charge in [0.25, 0.3) is 5.91 Å². The molecule has 4 saturated carbocycles. The molecule has 2 N–H and O–H groups in total. The first-order chi connectivity index (χ1) is 11.8. The van der Waals surface area contributed by atoms with E-state index in [2.05, 4.69) is 15.3 Å². The molecule has 0 aliphatic heterocycles. The third-order valence-corrected chi connectivity index (χ3v) is 6.41. The number of rotatable bonds is 3. The standard InChI is InChI=1S/C20H23N3O/c24-20(18-10-16(11-22-18)17-3-1-2-4-21-17)23-19-14-6-12-5-13(8-14)9-15(19)7-12/h1-4,10-15,19,22H,5-9H2,(H,23,24). The largest absolute Gasteiger partial charge is 0.357 e. The van der Waals surface area contributed by atoms with Gasteiger partial charge in [-0.05, 0) is 74.0 Å². The van der Waals surface area contributed by atoms with Gasteiger partial charge in [-0.3, -0.25) is 9.78 Å². The van der Waals surface area contributed by atoms with Gasteiger partial charge < -0.3 is 10.3 Å². The summed E-state index contributed by atoms with van der Waals surface area (Å²) in [4.78, 5) is 20.2. The van der Waals surface area contributed by atoms with Gasteiger partial charge in [-0.25, -0.2) is 0 Å². The van der Waals surface area contributed by atoms with Crippen LogP contribution in [0.2, 0.25) is 0 Å². The first-order valence-electron chi connectivity index (χ1n) is 9.17. The highest BCUT2D eigenvalue weighted by atomic mass is 16.1. The highest BCUT2D eigenvalue weighted by Crippen LogP contribution is 2.53. The van der Waals surface area contributed by atoms with E-state index < -0.39 is 0 Å². The molecule has 4 aliphatic carbocycles. The molecule has 0 spiro atoms. The Balaban J connectivity index is 1.32. The van der Waals surface area contributed by atoms with Crippen molar-refractivity contribution in [2.24, 2.45) is 23.7 Å². The van der Waals surface area contributed by atoms with Crippen LogP contribution in [0.15, 0.2) is 36.7 Å². The summed E-state index contributed by atoms with van der Waals surface area (Å²) in [6.07, 6.45) is 10.4. The number of carbonyl (C=O) groups excluding carboxylic acids is 1. The second kappa shape index (κ2) is 5.47. The van der Waals surface area contributed by atoms with E-state index in [1.807, 2.05) is 30.5 Å². The van der Waals surface area contributed by atoms with Crippen molar-refractivity contribution in [1.29, 1.82) is 0 Å². The van der Waals surface area contributed by atoms with E-state index in [0.717, 1.165) is 23.1 Å². The Morgan fingerprint density at radius 3 is 2.50 bits per heavy atom. The summed E-state index contributed by atoms with van der Waals surface area (Å²) in [6.45, 7) is 0. The number of amides is 1. The van der Waals surface area contributed by atoms with Crippen molar-refractivity contribution in [3.8, 4) is 11.3 Å². The van der Waals surface area contributed by atoms with Gasteiger partial charge in [0, 0.05) is 24.0 Å². The zero-order valence-corrected chi connectivity index (χ0v) is 13.7. The summed E-state index contributed by atoms with van der Waals surface area (Å²) in [7, 11) is 0.